The summed E-state index contributed by atoms with van der Waals surface area (Å²) >= 11 is 4.92. The van der Waals surface area contributed by atoms with Gasteiger partial charge in [-0.3, -0.25) is 15.1 Å². The van der Waals surface area contributed by atoms with Crippen molar-refractivity contribution in [2.24, 2.45) is 4.99 Å². The predicted molar refractivity (Wildman–Crippen MR) is 132 cm³/mol. The number of para-hydroxylation sites is 1. The molecule has 0 atom stereocenters. The average molecular weight is 512 g/mol. The molecule has 6 nitrogen and oxygen atoms in total. The predicted octanol–water partition coefficient (Wildman–Crippen LogP) is 5.69. The van der Waals surface area contributed by atoms with Crippen LogP contribution in [0.15, 0.2) is 62.5 Å². The van der Waals surface area contributed by atoms with Crippen molar-refractivity contribution >= 4 is 50.7 Å². The van der Waals surface area contributed by atoms with Gasteiger partial charge in [-0.15, -0.1) is 0 Å². The van der Waals surface area contributed by atoms with Crippen LogP contribution in [0.25, 0.3) is 6.08 Å². The van der Waals surface area contributed by atoms with Crippen LogP contribution in [0, 0.1) is 19.3 Å². The number of rotatable bonds is 6. The molecule has 0 aromatic heterocycles. The molecule has 2 heterocycles. The molecule has 2 aliphatic rings. The highest BCUT2D eigenvalue weighted by atomic mass is 79.9. The van der Waals surface area contributed by atoms with E-state index in [2.05, 4.69) is 20.9 Å². The summed E-state index contributed by atoms with van der Waals surface area (Å²) in [7, 11) is 0. The van der Waals surface area contributed by atoms with Gasteiger partial charge in [0.05, 0.1) is 10.0 Å². The van der Waals surface area contributed by atoms with Crippen molar-refractivity contribution < 1.29 is 14.3 Å². The first kappa shape index (κ1) is 22.4. The number of aryl methyl sites for hydroxylation is 2. The summed E-state index contributed by atoms with van der Waals surface area (Å²) < 4.78 is 12.5. The van der Waals surface area contributed by atoms with E-state index < -0.39 is 5.91 Å². The Hall–Kier alpha value is -2.84. The molecule has 0 fully saturated rings. The summed E-state index contributed by atoms with van der Waals surface area (Å²) in [5.74, 6) is 1.29. The quantitative estimate of drug-likeness (QED) is 0.398. The van der Waals surface area contributed by atoms with Crippen LogP contribution < -0.4 is 9.47 Å². The number of hydrogen-bond donors (Lipinski definition) is 1. The van der Waals surface area contributed by atoms with E-state index in [0.29, 0.717) is 24.1 Å². The van der Waals surface area contributed by atoms with Gasteiger partial charge in [0.15, 0.2) is 5.17 Å². The third kappa shape index (κ3) is 4.66. The van der Waals surface area contributed by atoms with E-state index in [4.69, 9.17) is 14.9 Å². The second-order valence-electron chi connectivity index (χ2n) is 7.43. The van der Waals surface area contributed by atoms with Gasteiger partial charge in [-0.25, -0.2) is 0 Å². The Morgan fingerprint density at radius 2 is 1.84 bits per heavy atom. The van der Waals surface area contributed by atoms with Crippen molar-refractivity contribution in [3.8, 4) is 11.5 Å². The van der Waals surface area contributed by atoms with Gasteiger partial charge in [0.1, 0.15) is 30.5 Å². The van der Waals surface area contributed by atoms with Crippen LogP contribution in [0.5, 0.6) is 11.5 Å². The first-order chi connectivity index (χ1) is 15.3. The van der Waals surface area contributed by atoms with Crippen LogP contribution in [0.3, 0.4) is 0 Å². The smallest absolute Gasteiger partial charge is 0.283 e. The third-order valence-electron chi connectivity index (χ3n) is 4.96. The van der Waals surface area contributed by atoms with Crippen molar-refractivity contribution in [2.45, 2.75) is 20.8 Å². The maximum atomic E-state index is 12.4. The second-order valence-corrected chi connectivity index (χ2v) is 9.49. The minimum Gasteiger partial charge on any atom is -0.489 e. The zero-order valence-electron chi connectivity index (χ0n) is 17.9. The Morgan fingerprint density at radius 3 is 2.56 bits per heavy atom. The molecule has 164 valence electrons. The zero-order chi connectivity index (χ0) is 22.8. The lowest BCUT2D eigenvalue weighted by Crippen LogP contribution is -2.35. The fraction of sp³-hybridized carbons (Fsp3) is 0.208. The maximum Gasteiger partial charge on any atom is 0.283 e. The lowest BCUT2D eigenvalue weighted by molar-refractivity contribution is -0.114. The molecule has 0 spiro atoms. The molecule has 1 N–H and O–H groups in total. The number of carbonyl (C=O) groups is 1. The molecular formula is C24H22BrN3O3S. The first-order valence-electron chi connectivity index (χ1n) is 10.0. The number of fused-ring (bicyclic) bond motifs is 1. The van der Waals surface area contributed by atoms with Crippen LogP contribution in [0.2, 0.25) is 0 Å². The van der Waals surface area contributed by atoms with E-state index in [1.54, 1.807) is 11.0 Å². The first-order valence-corrected chi connectivity index (χ1v) is 11.6. The van der Waals surface area contributed by atoms with E-state index in [1.807, 2.05) is 63.4 Å². The number of allylic oxidation sites excluding steroid dienone is 1. The SMILES string of the molecule is CC1=CN2C(=N)C(=Cc3ccc(OCCOc4c(C)cccc4C)c(Br)c3)C(=O)N=C2S1. The lowest BCUT2D eigenvalue weighted by Gasteiger charge is -2.22. The number of aliphatic imine (C=N–C) groups is 1. The third-order valence-corrected chi connectivity index (χ3v) is 6.47. The number of halogens is 1. The Balaban J connectivity index is 1.41. The molecule has 2 aromatic rings. The molecule has 0 saturated carbocycles. The minimum atomic E-state index is -0.406. The number of nitrogens with one attached hydrogen (secondary N) is 1. The molecule has 4 rings (SSSR count). The van der Waals surface area contributed by atoms with Crippen LogP contribution in [0.1, 0.15) is 23.6 Å². The molecular weight excluding hydrogens is 490 g/mol. The number of carbonyl (C=O) groups excluding carboxylic acids is 1. The van der Waals surface area contributed by atoms with Crippen molar-refractivity contribution in [3.05, 3.63) is 74.2 Å². The Morgan fingerprint density at radius 1 is 1.12 bits per heavy atom. The number of hydrogen-bond acceptors (Lipinski definition) is 5. The number of amidine groups is 2. The monoisotopic (exact) mass is 511 g/mol. The molecule has 8 heteroatoms. The number of thioether (sulfide) groups is 1. The van der Waals surface area contributed by atoms with Gasteiger partial charge in [0.2, 0.25) is 0 Å². The lowest BCUT2D eigenvalue weighted by atomic mass is 10.1. The van der Waals surface area contributed by atoms with Crippen molar-refractivity contribution in [2.75, 3.05) is 13.2 Å². The molecule has 32 heavy (non-hydrogen) atoms. The summed E-state index contributed by atoms with van der Waals surface area (Å²) in [6, 6.07) is 11.6. The summed E-state index contributed by atoms with van der Waals surface area (Å²) in [4.78, 5) is 19.2. The Labute approximate surface area is 199 Å². The van der Waals surface area contributed by atoms with Crippen molar-refractivity contribution in [3.63, 3.8) is 0 Å². The summed E-state index contributed by atoms with van der Waals surface area (Å²) in [6.45, 7) is 6.80. The molecule has 1 amide bonds. The number of ether oxygens (including phenoxy) is 2. The zero-order valence-corrected chi connectivity index (χ0v) is 20.3. The van der Waals surface area contributed by atoms with E-state index >= 15 is 0 Å². The number of amides is 1. The topological polar surface area (TPSA) is 75.0 Å². The van der Waals surface area contributed by atoms with Crippen molar-refractivity contribution in [1.29, 1.82) is 5.41 Å². The van der Waals surface area contributed by atoms with Gasteiger partial charge in [-0.2, -0.15) is 4.99 Å². The van der Waals surface area contributed by atoms with Gasteiger partial charge in [0, 0.05) is 11.1 Å². The average Bonchev–Trinajstić information content (AvgIpc) is 3.11. The highest BCUT2D eigenvalue weighted by molar-refractivity contribution is 9.10. The largest absolute Gasteiger partial charge is 0.489 e. The maximum absolute atomic E-state index is 12.4. The fourth-order valence-electron chi connectivity index (χ4n) is 3.41. The highest BCUT2D eigenvalue weighted by Crippen LogP contribution is 2.33. The summed E-state index contributed by atoms with van der Waals surface area (Å²) in [5, 5.41) is 8.93. The van der Waals surface area contributed by atoms with Crippen LogP contribution in [-0.4, -0.2) is 35.0 Å². The van der Waals surface area contributed by atoms with E-state index in [-0.39, 0.29) is 11.4 Å². The summed E-state index contributed by atoms with van der Waals surface area (Å²) in [5.41, 5.74) is 3.22. The number of benzene rings is 2. The molecule has 0 aliphatic carbocycles. The molecule has 2 aromatic carbocycles. The van der Waals surface area contributed by atoms with Crippen LogP contribution in [-0.2, 0) is 4.79 Å². The van der Waals surface area contributed by atoms with Crippen LogP contribution >= 0.6 is 27.7 Å². The molecule has 2 aliphatic heterocycles. The van der Waals surface area contributed by atoms with Gasteiger partial charge >= 0.3 is 0 Å². The van der Waals surface area contributed by atoms with E-state index in [1.165, 1.54) is 11.8 Å². The Bertz CT molecular complexity index is 1180. The van der Waals surface area contributed by atoms with E-state index in [9.17, 15) is 4.79 Å². The normalized spacial score (nSPS) is 16.8. The molecule has 0 unspecified atom stereocenters. The fourth-order valence-corrected chi connectivity index (χ4v) is 4.74. The molecule has 0 radical (unpaired) electrons. The van der Waals surface area contributed by atoms with E-state index in [0.717, 1.165) is 31.8 Å². The van der Waals surface area contributed by atoms with Gasteiger partial charge < -0.3 is 9.47 Å². The minimum absolute atomic E-state index is 0.129. The Kier molecular flexibility index (Phi) is 6.53. The number of nitrogens with zero attached hydrogens (tertiary/aromatic N) is 2. The summed E-state index contributed by atoms with van der Waals surface area (Å²) in [6.07, 6.45) is 3.50. The van der Waals surface area contributed by atoms with Gasteiger partial charge in [0.25, 0.3) is 5.91 Å². The van der Waals surface area contributed by atoms with Gasteiger partial charge in [-0.1, -0.05) is 36.0 Å². The molecule has 0 bridgehead atoms. The van der Waals surface area contributed by atoms with Gasteiger partial charge in [-0.05, 0) is 71.6 Å². The highest BCUT2D eigenvalue weighted by Gasteiger charge is 2.32. The standard InChI is InChI=1S/C24H22BrN3O3S/c1-14-5-4-6-15(2)21(14)31-10-9-30-20-8-7-17(12-19(20)25)11-18-22(26)28-13-16(3)32-24(28)27-23(18)29/h4-8,11-13,26H,9-10H2,1-3H3. The van der Waals surface area contributed by atoms with Crippen molar-refractivity contribution in [1.82, 2.24) is 4.90 Å². The second kappa shape index (κ2) is 9.34. The molecule has 0 saturated heterocycles. The van der Waals surface area contributed by atoms with Crippen LogP contribution in [0.4, 0.5) is 0 Å².